The molecule has 0 saturated heterocycles. The van der Waals surface area contributed by atoms with Crippen molar-refractivity contribution in [3.8, 4) is 22.8 Å². The summed E-state index contributed by atoms with van der Waals surface area (Å²) in [5, 5.41) is 8.52. The summed E-state index contributed by atoms with van der Waals surface area (Å²) in [6.45, 7) is 1.93. The van der Waals surface area contributed by atoms with Crippen LogP contribution in [0.4, 0.5) is 0 Å². The fourth-order valence-corrected chi connectivity index (χ4v) is 2.52. The summed E-state index contributed by atoms with van der Waals surface area (Å²) in [7, 11) is 1.66. The molecular weight excluding hydrogens is 330 g/mol. The van der Waals surface area contributed by atoms with Crippen molar-refractivity contribution in [3.63, 3.8) is 0 Å². The molecule has 0 N–H and O–H groups in total. The summed E-state index contributed by atoms with van der Waals surface area (Å²) in [6, 6.07) is 15.9. The van der Waals surface area contributed by atoms with Crippen molar-refractivity contribution in [1.29, 1.82) is 0 Å². The van der Waals surface area contributed by atoms with Gasteiger partial charge in [-0.05, 0) is 31.2 Å². The molecule has 0 atom stereocenters. The topological polar surface area (TPSA) is 39.9 Å². The Morgan fingerprint density at radius 2 is 1.71 bits per heavy atom. The molecule has 0 amide bonds. The molecule has 106 valence electrons. The Morgan fingerprint density at radius 3 is 2.43 bits per heavy atom. The van der Waals surface area contributed by atoms with Crippen LogP contribution in [0.5, 0.6) is 5.75 Å². The minimum atomic E-state index is 0.791. The third kappa shape index (κ3) is 2.56. The highest BCUT2D eigenvalue weighted by Crippen LogP contribution is 2.29. The lowest BCUT2D eigenvalue weighted by molar-refractivity contribution is 0.412. The number of aryl methyl sites for hydroxylation is 1. The van der Waals surface area contributed by atoms with Crippen molar-refractivity contribution in [2.24, 2.45) is 0 Å². The quantitative estimate of drug-likeness (QED) is 0.721. The van der Waals surface area contributed by atoms with Crippen molar-refractivity contribution in [1.82, 2.24) is 14.8 Å². The number of aromatic nitrogens is 3. The van der Waals surface area contributed by atoms with Crippen LogP contribution in [-0.4, -0.2) is 21.9 Å². The van der Waals surface area contributed by atoms with Crippen molar-refractivity contribution >= 4 is 15.9 Å². The normalized spacial score (nSPS) is 10.6. The molecule has 0 aliphatic carbocycles. The van der Waals surface area contributed by atoms with E-state index in [4.69, 9.17) is 4.74 Å². The van der Waals surface area contributed by atoms with Crippen LogP contribution in [0.2, 0.25) is 0 Å². The summed E-state index contributed by atoms with van der Waals surface area (Å²) in [5.74, 6) is 2.40. The summed E-state index contributed by atoms with van der Waals surface area (Å²) in [4.78, 5) is 0. The van der Waals surface area contributed by atoms with Crippen LogP contribution >= 0.6 is 15.9 Å². The van der Waals surface area contributed by atoms with Crippen LogP contribution in [0.1, 0.15) is 5.82 Å². The standard InChI is InChI=1S/C16H14BrN3O/c1-11-18-19-16(12-7-9-13(17)10-8-12)20(11)14-5-3-4-6-15(14)21-2/h3-10H,1-2H3. The number of benzene rings is 2. The lowest BCUT2D eigenvalue weighted by Crippen LogP contribution is -2.02. The number of halogens is 1. The van der Waals surface area contributed by atoms with Gasteiger partial charge in [0, 0.05) is 10.0 Å². The zero-order valence-electron chi connectivity index (χ0n) is 11.7. The van der Waals surface area contributed by atoms with Crippen molar-refractivity contribution in [3.05, 3.63) is 58.8 Å². The number of para-hydroxylation sites is 2. The lowest BCUT2D eigenvalue weighted by atomic mass is 10.2. The second-order valence-electron chi connectivity index (χ2n) is 4.58. The lowest BCUT2D eigenvalue weighted by Gasteiger charge is -2.12. The van der Waals surface area contributed by atoms with Gasteiger partial charge >= 0.3 is 0 Å². The van der Waals surface area contributed by atoms with Crippen molar-refractivity contribution in [2.45, 2.75) is 6.92 Å². The van der Waals surface area contributed by atoms with Crippen LogP contribution in [-0.2, 0) is 0 Å². The second kappa shape index (κ2) is 5.69. The fourth-order valence-electron chi connectivity index (χ4n) is 2.25. The van der Waals surface area contributed by atoms with Crippen LogP contribution in [0, 0.1) is 6.92 Å². The molecule has 3 rings (SSSR count). The van der Waals surface area contributed by atoms with Gasteiger partial charge in [-0.25, -0.2) is 0 Å². The molecule has 0 fully saturated rings. The summed E-state index contributed by atoms with van der Waals surface area (Å²) in [6.07, 6.45) is 0. The SMILES string of the molecule is COc1ccccc1-n1c(C)nnc1-c1ccc(Br)cc1. The smallest absolute Gasteiger partial charge is 0.168 e. The molecular formula is C16H14BrN3O. The Balaban J connectivity index is 2.20. The average Bonchev–Trinajstić information content (AvgIpc) is 2.89. The molecule has 0 radical (unpaired) electrons. The van der Waals surface area contributed by atoms with Gasteiger partial charge in [-0.15, -0.1) is 10.2 Å². The first-order chi connectivity index (χ1) is 10.2. The van der Waals surface area contributed by atoms with Gasteiger partial charge < -0.3 is 4.74 Å². The number of nitrogens with zero attached hydrogens (tertiary/aromatic N) is 3. The van der Waals surface area contributed by atoms with E-state index in [1.54, 1.807) is 7.11 Å². The third-order valence-electron chi connectivity index (χ3n) is 3.25. The molecule has 0 aliphatic heterocycles. The molecule has 0 spiro atoms. The van der Waals surface area contributed by atoms with Gasteiger partial charge in [-0.2, -0.15) is 0 Å². The number of hydrogen-bond acceptors (Lipinski definition) is 3. The molecule has 2 aromatic carbocycles. The maximum Gasteiger partial charge on any atom is 0.168 e. The zero-order valence-corrected chi connectivity index (χ0v) is 13.3. The van der Waals surface area contributed by atoms with E-state index in [1.807, 2.05) is 60.0 Å². The van der Waals surface area contributed by atoms with Crippen LogP contribution < -0.4 is 4.74 Å². The third-order valence-corrected chi connectivity index (χ3v) is 3.78. The first kappa shape index (κ1) is 13.8. The van der Waals surface area contributed by atoms with Gasteiger partial charge in [0.25, 0.3) is 0 Å². The molecule has 0 aliphatic rings. The molecule has 3 aromatic rings. The molecule has 1 heterocycles. The Labute approximate surface area is 131 Å². The number of methoxy groups -OCH3 is 1. The predicted octanol–water partition coefficient (Wildman–Crippen LogP) is 4.01. The maximum atomic E-state index is 5.45. The summed E-state index contributed by atoms with van der Waals surface area (Å²) < 4.78 is 8.49. The van der Waals surface area contributed by atoms with E-state index in [9.17, 15) is 0 Å². The van der Waals surface area contributed by atoms with Crippen LogP contribution in [0.3, 0.4) is 0 Å². The van der Waals surface area contributed by atoms with Crippen LogP contribution in [0.25, 0.3) is 17.1 Å². The Kier molecular flexibility index (Phi) is 3.75. The van der Waals surface area contributed by atoms with Gasteiger partial charge in [-0.1, -0.05) is 40.2 Å². The first-order valence-electron chi connectivity index (χ1n) is 6.52. The maximum absolute atomic E-state index is 5.45. The van der Waals surface area contributed by atoms with Gasteiger partial charge in [0.15, 0.2) is 5.82 Å². The van der Waals surface area contributed by atoms with Gasteiger partial charge in [0.05, 0.1) is 12.8 Å². The predicted molar refractivity (Wildman–Crippen MR) is 85.8 cm³/mol. The van der Waals surface area contributed by atoms with Gasteiger partial charge in [0.1, 0.15) is 11.6 Å². The Hall–Kier alpha value is -2.14. The van der Waals surface area contributed by atoms with Crippen molar-refractivity contribution < 1.29 is 4.74 Å². The van der Waals surface area contributed by atoms with Gasteiger partial charge in [0.2, 0.25) is 0 Å². The summed E-state index contributed by atoms with van der Waals surface area (Å²) >= 11 is 3.45. The molecule has 21 heavy (non-hydrogen) atoms. The minimum absolute atomic E-state index is 0.791. The van der Waals surface area contributed by atoms with Crippen LogP contribution in [0.15, 0.2) is 53.0 Å². The van der Waals surface area contributed by atoms with Crippen molar-refractivity contribution in [2.75, 3.05) is 7.11 Å². The first-order valence-corrected chi connectivity index (χ1v) is 7.31. The van der Waals surface area contributed by atoms with E-state index in [1.165, 1.54) is 0 Å². The second-order valence-corrected chi connectivity index (χ2v) is 5.50. The highest BCUT2D eigenvalue weighted by atomic mass is 79.9. The van der Waals surface area contributed by atoms with E-state index in [0.29, 0.717) is 0 Å². The van der Waals surface area contributed by atoms with E-state index >= 15 is 0 Å². The monoisotopic (exact) mass is 343 g/mol. The minimum Gasteiger partial charge on any atom is -0.495 e. The zero-order chi connectivity index (χ0) is 14.8. The Bertz CT molecular complexity index is 765. The molecule has 5 heteroatoms. The summed E-state index contributed by atoms with van der Waals surface area (Å²) in [5.41, 5.74) is 1.94. The molecule has 4 nitrogen and oxygen atoms in total. The van der Waals surface area contributed by atoms with E-state index in [-0.39, 0.29) is 0 Å². The number of ether oxygens (including phenoxy) is 1. The molecule has 0 bridgehead atoms. The molecule has 0 saturated carbocycles. The highest BCUT2D eigenvalue weighted by molar-refractivity contribution is 9.10. The van der Waals surface area contributed by atoms with E-state index in [0.717, 1.165) is 33.1 Å². The number of rotatable bonds is 3. The van der Waals surface area contributed by atoms with E-state index in [2.05, 4.69) is 26.1 Å². The highest BCUT2D eigenvalue weighted by Gasteiger charge is 2.15. The Morgan fingerprint density at radius 1 is 1.00 bits per heavy atom. The largest absolute Gasteiger partial charge is 0.495 e. The fraction of sp³-hybridized carbons (Fsp3) is 0.125. The molecule has 1 aromatic heterocycles. The number of hydrogen-bond donors (Lipinski definition) is 0. The average molecular weight is 344 g/mol. The molecule has 0 unspecified atom stereocenters. The van der Waals surface area contributed by atoms with Gasteiger partial charge in [-0.3, -0.25) is 4.57 Å². The van der Waals surface area contributed by atoms with E-state index < -0.39 is 0 Å².